The van der Waals surface area contributed by atoms with E-state index in [-0.39, 0.29) is 53.6 Å². The van der Waals surface area contributed by atoms with Gasteiger partial charge in [-0.2, -0.15) is 0 Å². The van der Waals surface area contributed by atoms with Crippen molar-refractivity contribution >= 4 is 35.5 Å². The Balaban J connectivity index is 1.40. The van der Waals surface area contributed by atoms with E-state index in [0.717, 1.165) is 25.1 Å². The maximum absolute atomic E-state index is 15.6. The number of carbonyl (C=O) groups excluding carboxylic acids is 5. The van der Waals surface area contributed by atoms with E-state index in [0.29, 0.717) is 54.8 Å². The van der Waals surface area contributed by atoms with Crippen molar-refractivity contribution in [1.82, 2.24) is 9.80 Å². The smallest absolute Gasteiger partial charge is 0.333 e. The van der Waals surface area contributed by atoms with Gasteiger partial charge in [-0.25, -0.2) is 4.79 Å². The molecule has 5 atom stereocenters. The van der Waals surface area contributed by atoms with Crippen LogP contribution < -0.4 is 14.2 Å². The Labute approximate surface area is 353 Å². The number of fused-ring (bicyclic) bond motifs is 2. The molecule has 322 valence electrons. The summed E-state index contributed by atoms with van der Waals surface area (Å²) < 4.78 is 32.6. The first kappa shape index (κ1) is 43.3. The Morgan fingerprint density at radius 2 is 1.62 bits per heavy atom. The number of ketones is 2. The van der Waals surface area contributed by atoms with Crippen molar-refractivity contribution < 1.29 is 47.7 Å². The molecule has 2 saturated heterocycles. The largest absolute Gasteiger partial charge is 0.482 e. The van der Waals surface area contributed by atoms with Crippen molar-refractivity contribution in [3.63, 3.8) is 0 Å². The van der Waals surface area contributed by atoms with Crippen LogP contribution in [-0.4, -0.2) is 102 Å². The number of allylic oxidation sites excluding steroid dienone is 5. The molecule has 3 aliphatic carbocycles. The highest BCUT2D eigenvalue weighted by molar-refractivity contribution is 6.19. The van der Waals surface area contributed by atoms with Gasteiger partial charge in [0, 0.05) is 67.6 Å². The first-order valence-electron chi connectivity index (χ1n) is 21.3. The average molecular weight is 825 g/mol. The summed E-state index contributed by atoms with van der Waals surface area (Å²) in [6.07, 6.45) is 13.2. The molecular formula is C48H60N2O10. The van der Waals surface area contributed by atoms with E-state index >= 15 is 4.79 Å². The summed E-state index contributed by atoms with van der Waals surface area (Å²) in [6.45, 7) is 18.2. The molecule has 0 aromatic heterocycles. The van der Waals surface area contributed by atoms with Crippen molar-refractivity contribution in [2.75, 3.05) is 40.3 Å². The van der Waals surface area contributed by atoms with Crippen molar-refractivity contribution in [3.8, 4) is 17.2 Å². The molecule has 4 heterocycles. The molecule has 4 bridgehead atoms. The molecule has 1 saturated carbocycles. The molecule has 8 rings (SSSR count). The van der Waals surface area contributed by atoms with Crippen LogP contribution in [-0.2, 0) is 35.1 Å². The molecule has 60 heavy (non-hydrogen) atoms. The molecule has 12 heteroatoms. The number of hydrogen-bond donors (Lipinski definition) is 0. The quantitative estimate of drug-likeness (QED) is 0.0926. The molecule has 1 amide bonds. The lowest BCUT2D eigenvalue weighted by Gasteiger charge is -2.56. The number of ether oxygens (including phenoxy) is 5. The zero-order chi connectivity index (χ0) is 43.5. The lowest BCUT2D eigenvalue weighted by atomic mass is 9.51. The first-order valence-corrected chi connectivity index (χ1v) is 21.3. The van der Waals surface area contributed by atoms with Crippen molar-refractivity contribution in [2.45, 2.75) is 123 Å². The summed E-state index contributed by atoms with van der Waals surface area (Å²) in [5, 5.41) is 0. The number of methoxy groups -OCH3 is 1. The predicted octanol–water partition coefficient (Wildman–Crippen LogP) is 7.08. The second kappa shape index (κ2) is 15.9. The number of benzene rings is 1. The summed E-state index contributed by atoms with van der Waals surface area (Å²) >= 11 is 0. The topological polar surface area (TPSA) is 138 Å². The molecular weight excluding hydrogens is 765 g/mol. The van der Waals surface area contributed by atoms with Crippen LogP contribution in [0.2, 0.25) is 0 Å². The number of rotatable bonds is 12. The molecule has 0 N–H and O–H groups in total. The molecule has 1 aromatic carbocycles. The fourth-order valence-corrected chi connectivity index (χ4v) is 10.0. The number of hydrogen-bond acceptors (Lipinski definition) is 11. The van der Waals surface area contributed by atoms with E-state index < -0.39 is 52.0 Å². The number of carbonyl (C=O) groups is 5. The van der Waals surface area contributed by atoms with Gasteiger partial charge in [-0.15, -0.1) is 0 Å². The van der Waals surface area contributed by atoms with Crippen LogP contribution >= 0.6 is 0 Å². The predicted molar refractivity (Wildman–Crippen MR) is 226 cm³/mol. The molecule has 0 radical (unpaired) electrons. The van der Waals surface area contributed by atoms with Gasteiger partial charge in [0.2, 0.25) is 5.91 Å². The highest BCUT2D eigenvalue weighted by atomic mass is 16.6. The van der Waals surface area contributed by atoms with Crippen molar-refractivity contribution in [3.05, 3.63) is 69.4 Å². The molecule has 7 aliphatic rings. The van der Waals surface area contributed by atoms with Gasteiger partial charge in [0.15, 0.2) is 28.5 Å². The third-order valence-electron chi connectivity index (χ3n) is 13.2. The van der Waals surface area contributed by atoms with E-state index in [2.05, 4.69) is 24.8 Å². The Hall–Kier alpha value is -4.81. The van der Waals surface area contributed by atoms with Crippen molar-refractivity contribution in [1.29, 1.82) is 0 Å². The average Bonchev–Trinajstić information content (AvgIpc) is 3.35. The van der Waals surface area contributed by atoms with Gasteiger partial charge >= 0.3 is 11.9 Å². The first-order chi connectivity index (χ1) is 28.3. The summed E-state index contributed by atoms with van der Waals surface area (Å²) in [6, 6.07) is 0. The van der Waals surface area contributed by atoms with Crippen LogP contribution in [0.3, 0.4) is 0 Å². The standard InChI is InChI=1S/C48H60N2O10/c1-28(2)12-11-19-46(8)20-18-33-40(58-46)32(14-13-29(3)4)42-38(41(33)57-37(52)16-15-36(51)50-24-22-49(9)23-25-50)39(53)34-26-31-27-35-45(6,7)60-47(43(31)54,48(34,35)59-42)21-17-30(5)44(55)56-10/h12-13,17-18,20,26,31,35H,11,14-16,19,21-25,27H2,1-10H3. The number of piperazine rings is 1. The summed E-state index contributed by atoms with van der Waals surface area (Å²) in [5.41, 5.74) is -1.08. The van der Waals surface area contributed by atoms with Gasteiger partial charge < -0.3 is 33.5 Å². The summed E-state index contributed by atoms with van der Waals surface area (Å²) in [5.74, 6) is -2.49. The zero-order valence-corrected chi connectivity index (χ0v) is 36.9. The molecule has 12 nitrogen and oxygen atoms in total. The summed E-state index contributed by atoms with van der Waals surface area (Å²) in [7, 11) is 3.31. The van der Waals surface area contributed by atoms with Crippen LogP contribution in [0.4, 0.5) is 0 Å². The highest BCUT2D eigenvalue weighted by Gasteiger charge is 2.81. The Morgan fingerprint density at radius 3 is 2.28 bits per heavy atom. The number of esters is 2. The van der Waals surface area contributed by atoms with Crippen LogP contribution in [0.15, 0.2) is 52.7 Å². The third-order valence-corrected chi connectivity index (χ3v) is 13.2. The van der Waals surface area contributed by atoms with Crippen LogP contribution in [0.25, 0.3) is 6.08 Å². The molecule has 5 unspecified atom stereocenters. The van der Waals surface area contributed by atoms with Crippen LogP contribution in [0, 0.1) is 11.8 Å². The minimum absolute atomic E-state index is 0.00266. The Morgan fingerprint density at radius 1 is 0.917 bits per heavy atom. The van der Waals surface area contributed by atoms with Crippen molar-refractivity contribution in [2.24, 2.45) is 11.8 Å². The zero-order valence-electron chi connectivity index (χ0n) is 36.9. The maximum atomic E-state index is 15.6. The Bertz CT molecular complexity index is 2180. The van der Waals surface area contributed by atoms with E-state index in [1.54, 1.807) is 24.0 Å². The number of amides is 1. The molecule has 3 fully saturated rings. The van der Waals surface area contributed by atoms with Gasteiger partial charge in [-0.1, -0.05) is 35.5 Å². The van der Waals surface area contributed by atoms with E-state index in [1.165, 1.54) is 12.7 Å². The maximum Gasteiger partial charge on any atom is 0.333 e. The molecule has 4 aliphatic heterocycles. The number of likely N-dealkylation sites (N-methyl/N-ethyl adjacent to an activating group) is 1. The van der Waals surface area contributed by atoms with Gasteiger partial charge in [-0.05, 0) is 100 Å². The SMILES string of the molecule is COC(=O)C(C)=CCC12OC(C)(C)C3CC(C=C4C(=O)c5c(OC(=O)CCC(=O)N6CCN(C)CC6)c6c(c(CC=C(C)C)c5OC431)OC(C)(CCC=C(C)C)C=C6)C2=O. The van der Waals surface area contributed by atoms with E-state index in [1.807, 2.05) is 59.9 Å². The fourth-order valence-electron chi connectivity index (χ4n) is 10.0. The second-order valence-corrected chi connectivity index (χ2v) is 18.6. The number of nitrogens with zero attached hydrogens (tertiary/aromatic N) is 2. The number of Topliss-reactive ketones (excluding diaryl/α,β-unsaturated/α-hetero) is 2. The van der Waals surface area contributed by atoms with Gasteiger partial charge in [0.1, 0.15) is 22.7 Å². The minimum Gasteiger partial charge on any atom is -0.482 e. The van der Waals surface area contributed by atoms with Crippen LogP contribution in [0.5, 0.6) is 17.2 Å². The third kappa shape index (κ3) is 7.27. The van der Waals surface area contributed by atoms with Gasteiger partial charge in [-0.3, -0.25) is 19.2 Å². The summed E-state index contributed by atoms with van der Waals surface area (Å²) in [4.78, 5) is 74.0. The van der Waals surface area contributed by atoms with Gasteiger partial charge in [0.05, 0.1) is 24.7 Å². The minimum atomic E-state index is -1.67. The molecule has 1 aromatic rings. The Kier molecular flexibility index (Phi) is 11.5. The lowest BCUT2D eigenvalue weighted by molar-refractivity contribution is -0.171. The van der Waals surface area contributed by atoms with Crippen LogP contribution in [0.1, 0.15) is 115 Å². The normalized spacial score (nSPS) is 28.4. The highest BCUT2D eigenvalue weighted by Crippen LogP contribution is 2.69. The second-order valence-electron chi connectivity index (χ2n) is 18.6. The van der Waals surface area contributed by atoms with E-state index in [9.17, 15) is 19.2 Å². The molecule has 1 spiro atoms. The monoisotopic (exact) mass is 824 g/mol. The fraction of sp³-hybridized carbons (Fsp3) is 0.562. The van der Waals surface area contributed by atoms with Gasteiger partial charge in [0.25, 0.3) is 0 Å². The van der Waals surface area contributed by atoms with E-state index in [4.69, 9.17) is 23.7 Å². The lowest BCUT2D eigenvalue weighted by Crippen LogP contribution is -2.72.